The fraction of sp³-hybridized carbons (Fsp3) is 0.368. The van der Waals surface area contributed by atoms with Crippen molar-refractivity contribution in [3.05, 3.63) is 52.3 Å². The number of pyridine rings is 1. The Morgan fingerprint density at radius 1 is 1.04 bits per heavy atom. The quantitative estimate of drug-likeness (QED) is 0.871. The van der Waals surface area contributed by atoms with Gasteiger partial charge in [0.25, 0.3) is 0 Å². The number of anilines is 1. The number of hydrogen-bond donors (Lipinski definition) is 1. The third kappa shape index (κ3) is 4.28. The maximum atomic E-state index is 12.7. The average Bonchev–Trinajstić information content (AvgIpc) is 2.53. The third-order valence-electron chi connectivity index (χ3n) is 4.34. The van der Waals surface area contributed by atoms with Crippen molar-refractivity contribution in [3.8, 4) is 0 Å². The van der Waals surface area contributed by atoms with Gasteiger partial charge in [0.15, 0.2) is 0 Å². The summed E-state index contributed by atoms with van der Waals surface area (Å²) in [5, 5.41) is 2.77. The first kappa shape index (κ1) is 20.1. The topological polar surface area (TPSA) is 79.4 Å². The smallest absolute Gasteiger partial charge is 0.243 e. The number of hydrogen-bond acceptors (Lipinski definition) is 4. The SMILES string of the molecule is Cc1cc(C)c(NC(=O)CN(C)S(=O)(=O)c2ccc(C)c(C)c2)c(C)n1. The zero-order chi connectivity index (χ0) is 19.6. The zero-order valence-electron chi connectivity index (χ0n) is 16.0. The van der Waals surface area contributed by atoms with Gasteiger partial charge >= 0.3 is 0 Å². The second-order valence-electron chi connectivity index (χ2n) is 6.60. The molecule has 0 aliphatic heterocycles. The molecule has 0 aliphatic rings. The van der Waals surface area contributed by atoms with Gasteiger partial charge in [-0.15, -0.1) is 0 Å². The Balaban J connectivity index is 2.17. The number of rotatable bonds is 5. The molecule has 0 radical (unpaired) electrons. The van der Waals surface area contributed by atoms with E-state index >= 15 is 0 Å². The van der Waals surface area contributed by atoms with Crippen LogP contribution in [0, 0.1) is 34.6 Å². The number of likely N-dealkylation sites (N-methyl/N-ethyl adjacent to an activating group) is 1. The molecule has 1 amide bonds. The van der Waals surface area contributed by atoms with Crippen molar-refractivity contribution in [2.24, 2.45) is 0 Å². The van der Waals surface area contributed by atoms with Crippen molar-refractivity contribution in [2.45, 2.75) is 39.5 Å². The molecule has 2 aromatic rings. The van der Waals surface area contributed by atoms with Gasteiger partial charge in [0, 0.05) is 12.7 Å². The molecule has 0 fully saturated rings. The number of aryl methyl sites for hydroxylation is 5. The average molecular weight is 375 g/mol. The Hall–Kier alpha value is -2.25. The molecule has 0 spiro atoms. The van der Waals surface area contributed by atoms with Crippen molar-refractivity contribution < 1.29 is 13.2 Å². The molecule has 6 nitrogen and oxygen atoms in total. The van der Waals surface area contributed by atoms with Crippen molar-refractivity contribution in [2.75, 3.05) is 18.9 Å². The van der Waals surface area contributed by atoms with Crippen LogP contribution in [0.4, 0.5) is 5.69 Å². The molecular weight excluding hydrogens is 350 g/mol. The minimum atomic E-state index is -3.74. The molecule has 7 heteroatoms. The van der Waals surface area contributed by atoms with Gasteiger partial charge in [-0.25, -0.2) is 8.42 Å². The number of amides is 1. The van der Waals surface area contributed by atoms with Gasteiger partial charge in [0.05, 0.1) is 22.8 Å². The number of carbonyl (C=O) groups excluding carboxylic acids is 1. The predicted octanol–water partition coefficient (Wildman–Crippen LogP) is 2.88. The van der Waals surface area contributed by atoms with Crippen molar-refractivity contribution in [1.82, 2.24) is 9.29 Å². The van der Waals surface area contributed by atoms with Crippen LogP contribution in [-0.4, -0.2) is 37.2 Å². The molecule has 0 bridgehead atoms. The number of carbonyl (C=O) groups is 1. The lowest BCUT2D eigenvalue weighted by molar-refractivity contribution is -0.116. The Labute approximate surface area is 155 Å². The molecule has 0 saturated carbocycles. The summed E-state index contributed by atoms with van der Waals surface area (Å²) < 4.78 is 26.4. The predicted molar refractivity (Wildman–Crippen MR) is 103 cm³/mol. The van der Waals surface area contributed by atoms with Gasteiger partial charge in [-0.3, -0.25) is 9.78 Å². The van der Waals surface area contributed by atoms with E-state index in [1.54, 1.807) is 18.2 Å². The lowest BCUT2D eigenvalue weighted by atomic mass is 10.1. The molecule has 1 N–H and O–H groups in total. The van der Waals surface area contributed by atoms with Crippen LogP contribution in [-0.2, 0) is 14.8 Å². The molecule has 1 heterocycles. The molecule has 140 valence electrons. The first-order valence-corrected chi connectivity index (χ1v) is 9.74. The van der Waals surface area contributed by atoms with Crippen LogP contribution in [0.5, 0.6) is 0 Å². The van der Waals surface area contributed by atoms with Gasteiger partial charge < -0.3 is 5.32 Å². The summed E-state index contributed by atoms with van der Waals surface area (Å²) >= 11 is 0. The standard InChI is InChI=1S/C19H25N3O3S/c1-12-7-8-17(10-13(12)2)26(24,25)22(6)11-18(23)21-19-14(3)9-15(4)20-16(19)5/h7-10H,11H2,1-6H3,(H,21,23). The van der Waals surface area contributed by atoms with Crippen LogP contribution in [0.15, 0.2) is 29.2 Å². The van der Waals surface area contributed by atoms with E-state index in [-0.39, 0.29) is 11.4 Å². The number of benzene rings is 1. The highest BCUT2D eigenvalue weighted by Gasteiger charge is 2.23. The third-order valence-corrected chi connectivity index (χ3v) is 6.14. The van der Waals surface area contributed by atoms with Gasteiger partial charge in [0.1, 0.15) is 0 Å². The van der Waals surface area contributed by atoms with E-state index < -0.39 is 15.9 Å². The Morgan fingerprint density at radius 2 is 1.69 bits per heavy atom. The molecule has 0 aliphatic carbocycles. The molecule has 0 unspecified atom stereocenters. The second kappa shape index (κ2) is 7.55. The van der Waals surface area contributed by atoms with E-state index in [1.807, 2.05) is 40.7 Å². The normalized spacial score (nSPS) is 11.7. The van der Waals surface area contributed by atoms with E-state index in [0.717, 1.165) is 26.7 Å². The summed E-state index contributed by atoms with van der Waals surface area (Å²) in [6.07, 6.45) is 0. The first-order chi connectivity index (χ1) is 12.0. The summed E-state index contributed by atoms with van der Waals surface area (Å²) in [4.78, 5) is 16.9. The zero-order valence-corrected chi connectivity index (χ0v) is 16.9. The number of nitrogens with one attached hydrogen (secondary N) is 1. The van der Waals surface area contributed by atoms with E-state index in [9.17, 15) is 13.2 Å². The lowest BCUT2D eigenvalue weighted by Gasteiger charge is -2.18. The number of nitrogens with zero attached hydrogens (tertiary/aromatic N) is 2. The summed E-state index contributed by atoms with van der Waals surface area (Å²) in [5.41, 5.74) is 4.99. The van der Waals surface area contributed by atoms with Crippen LogP contribution in [0.3, 0.4) is 0 Å². The van der Waals surface area contributed by atoms with Crippen LogP contribution in [0.2, 0.25) is 0 Å². The van der Waals surface area contributed by atoms with Crippen molar-refractivity contribution >= 4 is 21.6 Å². The van der Waals surface area contributed by atoms with E-state index in [1.165, 1.54) is 7.05 Å². The van der Waals surface area contributed by atoms with E-state index in [2.05, 4.69) is 10.3 Å². The lowest BCUT2D eigenvalue weighted by Crippen LogP contribution is -2.35. The minimum Gasteiger partial charge on any atom is -0.323 e. The first-order valence-electron chi connectivity index (χ1n) is 8.30. The Morgan fingerprint density at radius 3 is 2.27 bits per heavy atom. The van der Waals surface area contributed by atoms with Gasteiger partial charge in [0.2, 0.25) is 15.9 Å². The maximum Gasteiger partial charge on any atom is 0.243 e. The van der Waals surface area contributed by atoms with Gasteiger partial charge in [-0.1, -0.05) is 6.07 Å². The highest BCUT2D eigenvalue weighted by Crippen LogP contribution is 2.20. The second-order valence-corrected chi connectivity index (χ2v) is 8.64. The van der Waals surface area contributed by atoms with Crippen LogP contribution < -0.4 is 5.32 Å². The van der Waals surface area contributed by atoms with Crippen molar-refractivity contribution in [1.29, 1.82) is 0 Å². The molecule has 26 heavy (non-hydrogen) atoms. The summed E-state index contributed by atoms with van der Waals surface area (Å²) in [5.74, 6) is -0.406. The largest absolute Gasteiger partial charge is 0.323 e. The van der Waals surface area contributed by atoms with Crippen molar-refractivity contribution in [3.63, 3.8) is 0 Å². The van der Waals surface area contributed by atoms with Gasteiger partial charge in [-0.2, -0.15) is 4.31 Å². The summed E-state index contributed by atoms with van der Waals surface area (Å²) in [6, 6.07) is 6.82. The number of aromatic nitrogens is 1. The summed E-state index contributed by atoms with van der Waals surface area (Å²) in [6.45, 7) is 9.08. The van der Waals surface area contributed by atoms with Crippen LogP contribution >= 0.6 is 0 Å². The maximum absolute atomic E-state index is 12.7. The number of sulfonamides is 1. The fourth-order valence-corrected chi connectivity index (χ4v) is 3.95. The highest BCUT2D eigenvalue weighted by atomic mass is 32.2. The molecule has 0 saturated heterocycles. The molecule has 1 aromatic heterocycles. The van der Waals surface area contributed by atoms with E-state index in [0.29, 0.717) is 11.4 Å². The van der Waals surface area contributed by atoms with Gasteiger partial charge in [-0.05, 0) is 69.5 Å². The highest BCUT2D eigenvalue weighted by molar-refractivity contribution is 7.89. The molecule has 0 atom stereocenters. The minimum absolute atomic E-state index is 0.181. The molecular formula is C19H25N3O3S. The Bertz CT molecular complexity index is 929. The van der Waals surface area contributed by atoms with Crippen LogP contribution in [0.25, 0.3) is 0 Å². The van der Waals surface area contributed by atoms with Crippen LogP contribution in [0.1, 0.15) is 28.1 Å². The fourth-order valence-electron chi connectivity index (χ4n) is 2.73. The summed E-state index contributed by atoms with van der Waals surface area (Å²) in [7, 11) is -2.34. The Kier molecular flexibility index (Phi) is 5.83. The van der Waals surface area contributed by atoms with E-state index in [4.69, 9.17) is 0 Å². The molecule has 2 rings (SSSR count). The molecule has 1 aromatic carbocycles. The monoisotopic (exact) mass is 375 g/mol.